The summed E-state index contributed by atoms with van der Waals surface area (Å²) in [6.45, 7) is 4.08. The minimum absolute atomic E-state index is 0.0531. The molecule has 0 aliphatic carbocycles. The Morgan fingerprint density at radius 2 is 2.22 bits per heavy atom. The molecular weight excluding hydrogens is 294 g/mol. The molecule has 1 aromatic rings. The second kappa shape index (κ2) is 6.29. The normalized spacial score (nSPS) is 15.9. The average Bonchev–Trinajstić information content (AvgIpc) is 2.88. The molecule has 1 fully saturated rings. The number of carbonyl (C=O) groups excluding carboxylic acids is 1. The van der Waals surface area contributed by atoms with Gasteiger partial charge in [-0.05, 0) is 54.0 Å². The van der Waals surface area contributed by atoms with Gasteiger partial charge in [0.1, 0.15) is 4.60 Å². The molecule has 2 rings (SSSR count). The summed E-state index contributed by atoms with van der Waals surface area (Å²) in [5, 5.41) is 0. The molecule has 1 aliphatic heterocycles. The standard InChI is InChI=1S/C13H18BrN3O/c1-16(8-9-17-6-2-3-7-17)13(18)11-4-5-15-12(14)10-11/h4-5,10H,2-3,6-9H2,1H3. The molecule has 1 amide bonds. The van der Waals surface area contributed by atoms with E-state index in [0.717, 1.165) is 13.1 Å². The molecule has 0 atom stereocenters. The summed E-state index contributed by atoms with van der Waals surface area (Å²) in [5.74, 6) is 0.0531. The van der Waals surface area contributed by atoms with Crippen molar-refractivity contribution in [2.45, 2.75) is 12.8 Å². The topological polar surface area (TPSA) is 36.4 Å². The van der Waals surface area contributed by atoms with E-state index in [9.17, 15) is 4.79 Å². The summed E-state index contributed by atoms with van der Waals surface area (Å²) in [4.78, 5) is 20.4. The van der Waals surface area contributed by atoms with Crippen LogP contribution in [0.25, 0.3) is 0 Å². The molecule has 18 heavy (non-hydrogen) atoms. The van der Waals surface area contributed by atoms with Crippen molar-refractivity contribution in [1.29, 1.82) is 0 Å². The van der Waals surface area contributed by atoms with Gasteiger partial charge < -0.3 is 9.80 Å². The van der Waals surface area contributed by atoms with Crippen molar-refractivity contribution in [2.75, 3.05) is 33.2 Å². The monoisotopic (exact) mass is 311 g/mol. The predicted octanol–water partition coefficient (Wildman–Crippen LogP) is 2.01. The third-order valence-corrected chi connectivity index (χ3v) is 3.70. The Labute approximate surface area is 116 Å². The van der Waals surface area contributed by atoms with Crippen LogP contribution in [-0.4, -0.2) is 53.9 Å². The Hall–Kier alpha value is -0.940. The van der Waals surface area contributed by atoms with Crippen molar-refractivity contribution in [3.8, 4) is 0 Å². The quantitative estimate of drug-likeness (QED) is 0.798. The Kier molecular flexibility index (Phi) is 4.72. The van der Waals surface area contributed by atoms with Gasteiger partial charge in [-0.1, -0.05) is 0 Å². The van der Waals surface area contributed by atoms with Crippen LogP contribution in [-0.2, 0) is 0 Å². The van der Waals surface area contributed by atoms with Crippen LogP contribution in [0.3, 0.4) is 0 Å². The van der Waals surface area contributed by atoms with E-state index in [1.807, 2.05) is 7.05 Å². The molecule has 0 saturated carbocycles. The lowest BCUT2D eigenvalue weighted by Crippen LogP contribution is -2.35. The zero-order chi connectivity index (χ0) is 13.0. The van der Waals surface area contributed by atoms with Crippen molar-refractivity contribution in [1.82, 2.24) is 14.8 Å². The van der Waals surface area contributed by atoms with Crippen LogP contribution < -0.4 is 0 Å². The van der Waals surface area contributed by atoms with Crippen LogP contribution in [0, 0.1) is 0 Å². The number of likely N-dealkylation sites (tertiary alicyclic amines) is 1. The van der Waals surface area contributed by atoms with E-state index >= 15 is 0 Å². The zero-order valence-corrected chi connectivity index (χ0v) is 12.2. The fraction of sp³-hybridized carbons (Fsp3) is 0.538. The summed E-state index contributed by atoms with van der Waals surface area (Å²) in [5.41, 5.74) is 0.681. The van der Waals surface area contributed by atoms with Gasteiger partial charge in [0.25, 0.3) is 5.91 Å². The molecule has 0 radical (unpaired) electrons. The second-order valence-corrected chi connectivity index (χ2v) is 5.46. The molecule has 0 N–H and O–H groups in total. The van der Waals surface area contributed by atoms with Crippen LogP contribution in [0.2, 0.25) is 0 Å². The minimum Gasteiger partial charge on any atom is -0.340 e. The van der Waals surface area contributed by atoms with Gasteiger partial charge in [0.2, 0.25) is 0 Å². The Morgan fingerprint density at radius 3 is 2.89 bits per heavy atom. The summed E-state index contributed by atoms with van der Waals surface area (Å²) in [6.07, 6.45) is 4.22. The van der Waals surface area contributed by atoms with E-state index in [-0.39, 0.29) is 5.91 Å². The average molecular weight is 312 g/mol. The van der Waals surface area contributed by atoms with E-state index in [4.69, 9.17) is 0 Å². The predicted molar refractivity (Wildman–Crippen MR) is 74.6 cm³/mol. The van der Waals surface area contributed by atoms with Gasteiger partial charge in [-0.25, -0.2) is 4.98 Å². The highest BCUT2D eigenvalue weighted by atomic mass is 79.9. The first kappa shape index (κ1) is 13.5. The molecule has 0 spiro atoms. The Balaban J connectivity index is 1.87. The third kappa shape index (κ3) is 3.53. The fourth-order valence-electron chi connectivity index (χ4n) is 2.16. The number of amides is 1. The molecule has 98 valence electrons. The number of hydrogen-bond acceptors (Lipinski definition) is 3. The van der Waals surface area contributed by atoms with Gasteiger partial charge in [0.05, 0.1) is 0 Å². The first-order valence-corrected chi connectivity index (χ1v) is 7.05. The zero-order valence-electron chi connectivity index (χ0n) is 10.6. The second-order valence-electron chi connectivity index (χ2n) is 4.64. The molecule has 1 saturated heterocycles. The van der Waals surface area contributed by atoms with Crippen molar-refractivity contribution < 1.29 is 4.79 Å². The maximum absolute atomic E-state index is 12.2. The number of pyridine rings is 1. The highest BCUT2D eigenvalue weighted by Gasteiger charge is 2.15. The summed E-state index contributed by atoms with van der Waals surface area (Å²) in [6, 6.07) is 3.51. The van der Waals surface area contributed by atoms with Gasteiger partial charge in [-0.15, -0.1) is 0 Å². The molecule has 0 unspecified atom stereocenters. The molecule has 0 aromatic carbocycles. The largest absolute Gasteiger partial charge is 0.340 e. The smallest absolute Gasteiger partial charge is 0.253 e. The lowest BCUT2D eigenvalue weighted by atomic mass is 10.2. The highest BCUT2D eigenvalue weighted by molar-refractivity contribution is 9.10. The lowest BCUT2D eigenvalue weighted by Gasteiger charge is -2.21. The maximum Gasteiger partial charge on any atom is 0.253 e. The van der Waals surface area contributed by atoms with Gasteiger partial charge in [-0.3, -0.25) is 4.79 Å². The van der Waals surface area contributed by atoms with E-state index < -0.39 is 0 Å². The van der Waals surface area contributed by atoms with Crippen molar-refractivity contribution in [2.24, 2.45) is 0 Å². The van der Waals surface area contributed by atoms with Crippen LogP contribution in [0.5, 0.6) is 0 Å². The minimum atomic E-state index is 0.0531. The van der Waals surface area contributed by atoms with Crippen LogP contribution >= 0.6 is 15.9 Å². The number of carbonyl (C=O) groups is 1. The van der Waals surface area contributed by atoms with Gasteiger partial charge in [-0.2, -0.15) is 0 Å². The number of likely N-dealkylation sites (N-methyl/N-ethyl adjacent to an activating group) is 1. The molecule has 1 aliphatic rings. The summed E-state index contributed by atoms with van der Waals surface area (Å²) < 4.78 is 0.696. The van der Waals surface area contributed by atoms with Crippen LogP contribution in [0.15, 0.2) is 22.9 Å². The Bertz CT molecular complexity index is 418. The van der Waals surface area contributed by atoms with Gasteiger partial charge in [0, 0.05) is 31.9 Å². The highest BCUT2D eigenvalue weighted by Crippen LogP contribution is 2.11. The number of hydrogen-bond donors (Lipinski definition) is 0. The van der Waals surface area contributed by atoms with Crippen molar-refractivity contribution in [3.05, 3.63) is 28.5 Å². The SMILES string of the molecule is CN(CCN1CCCC1)C(=O)c1ccnc(Br)c1. The molecular formula is C13H18BrN3O. The van der Waals surface area contributed by atoms with Crippen LogP contribution in [0.4, 0.5) is 0 Å². The first-order valence-electron chi connectivity index (χ1n) is 6.26. The van der Waals surface area contributed by atoms with Gasteiger partial charge >= 0.3 is 0 Å². The van der Waals surface area contributed by atoms with Gasteiger partial charge in [0.15, 0.2) is 0 Å². The summed E-state index contributed by atoms with van der Waals surface area (Å²) in [7, 11) is 1.85. The molecule has 2 heterocycles. The van der Waals surface area contributed by atoms with E-state index in [1.54, 1.807) is 23.2 Å². The van der Waals surface area contributed by atoms with E-state index in [1.165, 1.54) is 25.9 Å². The lowest BCUT2D eigenvalue weighted by molar-refractivity contribution is 0.0782. The number of aromatic nitrogens is 1. The van der Waals surface area contributed by atoms with Crippen molar-refractivity contribution >= 4 is 21.8 Å². The fourth-order valence-corrected chi connectivity index (χ4v) is 2.52. The van der Waals surface area contributed by atoms with E-state index in [0.29, 0.717) is 10.2 Å². The molecule has 4 nitrogen and oxygen atoms in total. The molecule has 1 aromatic heterocycles. The maximum atomic E-state index is 12.2. The van der Waals surface area contributed by atoms with Crippen molar-refractivity contribution in [3.63, 3.8) is 0 Å². The van der Waals surface area contributed by atoms with Crippen LogP contribution in [0.1, 0.15) is 23.2 Å². The number of rotatable bonds is 4. The van der Waals surface area contributed by atoms with E-state index in [2.05, 4.69) is 25.8 Å². The number of nitrogens with zero attached hydrogens (tertiary/aromatic N) is 3. The Morgan fingerprint density at radius 1 is 1.50 bits per heavy atom. The molecule has 0 bridgehead atoms. The number of halogens is 1. The third-order valence-electron chi connectivity index (χ3n) is 3.27. The molecule has 5 heteroatoms. The first-order chi connectivity index (χ1) is 8.66. The summed E-state index contributed by atoms with van der Waals surface area (Å²) >= 11 is 3.28.